The molecule has 4 atom stereocenters. The zero-order valence-electron chi connectivity index (χ0n) is 12.3. The first-order chi connectivity index (χ1) is 9.99. The second kappa shape index (κ2) is 7.20. The highest BCUT2D eigenvalue weighted by molar-refractivity contribution is 5.79. The molecule has 0 radical (unpaired) electrons. The van der Waals surface area contributed by atoms with E-state index in [1.54, 1.807) is 0 Å². The molecule has 1 aliphatic heterocycles. The minimum atomic E-state index is -0.664. The molecular weight excluding hydrogens is 272 g/mol. The van der Waals surface area contributed by atoms with Crippen LogP contribution in [0.2, 0.25) is 0 Å². The fourth-order valence-corrected chi connectivity index (χ4v) is 3.10. The van der Waals surface area contributed by atoms with Crippen LogP contribution in [0.3, 0.4) is 0 Å². The number of nitrogens with one attached hydrogen (secondary N) is 1. The van der Waals surface area contributed by atoms with Gasteiger partial charge in [0.15, 0.2) is 0 Å². The Hall–Kier alpha value is -1.18. The Kier molecular flexibility index (Phi) is 5.55. The highest BCUT2D eigenvalue weighted by Crippen LogP contribution is 2.23. The molecular formula is C14H26N4O3. The van der Waals surface area contributed by atoms with Gasteiger partial charge in [-0.15, -0.1) is 0 Å². The van der Waals surface area contributed by atoms with Crippen molar-refractivity contribution in [3.63, 3.8) is 0 Å². The smallest absolute Gasteiger partial charge is 0.224 e. The number of aliphatic hydroxyl groups excluding tert-OH is 1. The van der Waals surface area contributed by atoms with E-state index in [1.165, 1.54) is 0 Å². The van der Waals surface area contributed by atoms with Gasteiger partial charge in [-0.25, -0.2) is 0 Å². The van der Waals surface area contributed by atoms with Crippen LogP contribution in [0.25, 0.3) is 0 Å². The molecule has 120 valence electrons. The molecule has 1 saturated heterocycles. The van der Waals surface area contributed by atoms with Crippen molar-refractivity contribution >= 4 is 11.8 Å². The van der Waals surface area contributed by atoms with Gasteiger partial charge < -0.3 is 26.8 Å². The molecule has 0 aromatic rings. The Bertz CT molecular complexity index is 390. The molecule has 2 amide bonds. The first-order valence-electron chi connectivity index (χ1n) is 7.73. The number of rotatable bonds is 5. The summed E-state index contributed by atoms with van der Waals surface area (Å²) in [5.74, 6) is -0.304. The van der Waals surface area contributed by atoms with Gasteiger partial charge in [0.2, 0.25) is 11.8 Å². The van der Waals surface area contributed by atoms with Gasteiger partial charge in [-0.3, -0.25) is 9.59 Å². The van der Waals surface area contributed by atoms with Crippen LogP contribution in [0.4, 0.5) is 0 Å². The van der Waals surface area contributed by atoms with Gasteiger partial charge in [0.1, 0.15) is 0 Å². The van der Waals surface area contributed by atoms with Crippen molar-refractivity contribution in [1.29, 1.82) is 0 Å². The van der Waals surface area contributed by atoms with Crippen molar-refractivity contribution in [3.05, 3.63) is 0 Å². The number of carbonyl (C=O) groups excluding carboxylic acids is 2. The van der Waals surface area contributed by atoms with E-state index in [9.17, 15) is 14.7 Å². The van der Waals surface area contributed by atoms with E-state index in [0.29, 0.717) is 32.4 Å². The minimum absolute atomic E-state index is 0.124. The molecule has 7 nitrogen and oxygen atoms in total. The Labute approximate surface area is 125 Å². The van der Waals surface area contributed by atoms with E-state index in [2.05, 4.69) is 5.32 Å². The highest BCUT2D eigenvalue weighted by atomic mass is 16.3. The molecule has 2 fully saturated rings. The monoisotopic (exact) mass is 298 g/mol. The lowest BCUT2D eigenvalue weighted by Crippen LogP contribution is -2.54. The van der Waals surface area contributed by atoms with E-state index in [-0.39, 0.29) is 29.8 Å². The lowest BCUT2D eigenvalue weighted by molar-refractivity contribution is -0.128. The van der Waals surface area contributed by atoms with Crippen molar-refractivity contribution in [2.45, 2.75) is 50.3 Å². The van der Waals surface area contributed by atoms with Crippen LogP contribution in [-0.2, 0) is 9.59 Å². The standard InChI is InChI=1S/C14H26N4O3/c15-10-8-11(16)12(19)7-9(10)14(21)17-4-2-6-18-5-1-3-13(18)20/h9-12,19H,1-8,15-16H2,(H,17,21)/t9-,10-,11+,12+/m0/s1. The molecule has 0 unspecified atom stereocenters. The van der Waals surface area contributed by atoms with Crippen LogP contribution in [0, 0.1) is 5.92 Å². The Balaban J connectivity index is 1.68. The van der Waals surface area contributed by atoms with Gasteiger partial charge in [0.25, 0.3) is 0 Å². The molecule has 7 heteroatoms. The van der Waals surface area contributed by atoms with Gasteiger partial charge in [0, 0.05) is 38.1 Å². The lowest BCUT2D eigenvalue weighted by Gasteiger charge is -2.34. The second-order valence-corrected chi connectivity index (χ2v) is 6.10. The Morgan fingerprint density at radius 3 is 2.76 bits per heavy atom. The number of hydrogen-bond donors (Lipinski definition) is 4. The molecule has 0 aromatic heterocycles. The van der Waals surface area contributed by atoms with E-state index in [4.69, 9.17) is 11.5 Å². The minimum Gasteiger partial charge on any atom is -0.391 e. The third-order valence-corrected chi connectivity index (χ3v) is 4.46. The molecule has 2 aliphatic rings. The normalized spacial score (nSPS) is 33.3. The first kappa shape index (κ1) is 16.2. The van der Waals surface area contributed by atoms with Crippen LogP contribution in [0.1, 0.15) is 32.1 Å². The van der Waals surface area contributed by atoms with Gasteiger partial charge in [-0.2, -0.15) is 0 Å². The van der Waals surface area contributed by atoms with Gasteiger partial charge in [-0.1, -0.05) is 0 Å². The first-order valence-corrected chi connectivity index (χ1v) is 7.73. The molecule has 0 spiro atoms. The van der Waals surface area contributed by atoms with Crippen LogP contribution >= 0.6 is 0 Å². The summed E-state index contributed by atoms with van der Waals surface area (Å²) in [6.45, 7) is 2.03. The van der Waals surface area contributed by atoms with Crippen LogP contribution in [0.5, 0.6) is 0 Å². The van der Waals surface area contributed by atoms with Crippen molar-refractivity contribution in [2.24, 2.45) is 17.4 Å². The fourth-order valence-electron chi connectivity index (χ4n) is 3.10. The van der Waals surface area contributed by atoms with Gasteiger partial charge in [-0.05, 0) is 25.7 Å². The molecule has 6 N–H and O–H groups in total. The molecule has 1 aliphatic carbocycles. The Morgan fingerprint density at radius 2 is 2.10 bits per heavy atom. The third-order valence-electron chi connectivity index (χ3n) is 4.46. The van der Waals surface area contributed by atoms with Crippen LogP contribution in [-0.4, -0.2) is 59.6 Å². The summed E-state index contributed by atoms with van der Waals surface area (Å²) in [7, 11) is 0. The predicted octanol–water partition coefficient (Wildman–Crippen LogP) is -1.46. The number of likely N-dealkylation sites (tertiary alicyclic amines) is 1. The summed E-state index contributed by atoms with van der Waals surface area (Å²) in [6.07, 6.45) is 2.42. The van der Waals surface area contributed by atoms with Gasteiger partial charge >= 0.3 is 0 Å². The SMILES string of the molecule is N[C@@H]1C[C@H](N)[C@@H](C(=O)NCCCN2CCCC2=O)C[C@H]1O. The average Bonchev–Trinajstić information content (AvgIpc) is 2.84. The van der Waals surface area contributed by atoms with Crippen molar-refractivity contribution in [1.82, 2.24) is 10.2 Å². The largest absolute Gasteiger partial charge is 0.391 e. The number of nitrogens with zero attached hydrogens (tertiary/aromatic N) is 1. The molecule has 1 saturated carbocycles. The number of amides is 2. The average molecular weight is 298 g/mol. The van der Waals surface area contributed by atoms with Crippen molar-refractivity contribution in [2.75, 3.05) is 19.6 Å². The third kappa shape index (κ3) is 4.15. The Morgan fingerprint density at radius 1 is 1.33 bits per heavy atom. The summed E-state index contributed by atoms with van der Waals surface area (Å²) in [6, 6.07) is -0.645. The van der Waals surface area contributed by atoms with E-state index < -0.39 is 6.10 Å². The maximum absolute atomic E-state index is 12.1. The maximum Gasteiger partial charge on any atom is 0.224 e. The molecule has 0 bridgehead atoms. The zero-order chi connectivity index (χ0) is 15.4. The predicted molar refractivity (Wildman–Crippen MR) is 78.1 cm³/mol. The van der Waals surface area contributed by atoms with E-state index in [1.807, 2.05) is 4.90 Å². The lowest BCUT2D eigenvalue weighted by atomic mass is 9.80. The van der Waals surface area contributed by atoms with Gasteiger partial charge in [0.05, 0.1) is 12.0 Å². The van der Waals surface area contributed by atoms with Crippen LogP contribution < -0.4 is 16.8 Å². The summed E-state index contributed by atoms with van der Waals surface area (Å²) < 4.78 is 0. The summed E-state index contributed by atoms with van der Waals surface area (Å²) in [5.41, 5.74) is 11.7. The van der Waals surface area contributed by atoms with E-state index in [0.717, 1.165) is 19.4 Å². The quantitative estimate of drug-likeness (QED) is 0.462. The number of hydrogen-bond acceptors (Lipinski definition) is 5. The van der Waals surface area contributed by atoms with Crippen molar-refractivity contribution in [3.8, 4) is 0 Å². The summed E-state index contributed by atoms with van der Waals surface area (Å²) in [5, 5.41) is 12.6. The zero-order valence-corrected chi connectivity index (χ0v) is 12.3. The second-order valence-electron chi connectivity index (χ2n) is 6.10. The topological polar surface area (TPSA) is 122 Å². The molecule has 0 aromatic carbocycles. The number of nitrogens with two attached hydrogens (primary N) is 2. The molecule has 2 rings (SSSR count). The fraction of sp³-hybridized carbons (Fsp3) is 0.857. The maximum atomic E-state index is 12.1. The number of aliphatic hydroxyl groups is 1. The molecule has 1 heterocycles. The van der Waals surface area contributed by atoms with Crippen molar-refractivity contribution < 1.29 is 14.7 Å². The molecule has 21 heavy (non-hydrogen) atoms. The highest BCUT2D eigenvalue weighted by Gasteiger charge is 2.36. The summed E-state index contributed by atoms with van der Waals surface area (Å²) >= 11 is 0. The number of carbonyl (C=O) groups is 2. The van der Waals surface area contributed by atoms with E-state index >= 15 is 0 Å². The summed E-state index contributed by atoms with van der Waals surface area (Å²) in [4.78, 5) is 25.4. The van der Waals surface area contributed by atoms with Crippen LogP contribution in [0.15, 0.2) is 0 Å².